The van der Waals surface area contributed by atoms with E-state index in [1.165, 1.54) is 37.7 Å². The lowest BCUT2D eigenvalue weighted by molar-refractivity contribution is 0.106. The summed E-state index contributed by atoms with van der Waals surface area (Å²) in [7, 11) is 3.53. The van der Waals surface area contributed by atoms with E-state index in [0.717, 1.165) is 30.7 Å². The van der Waals surface area contributed by atoms with Gasteiger partial charge in [0.25, 0.3) is 0 Å². The van der Waals surface area contributed by atoms with Crippen LogP contribution >= 0.6 is 0 Å². The largest absolute Gasteiger partial charge is 0.497 e. The molecule has 2 saturated carbocycles. The molecule has 0 aromatic heterocycles. The average molecular weight is 301 g/mol. The van der Waals surface area contributed by atoms with Crippen molar-refractivity contribution in [3.63, 3.8) is 0 Å². The molecule has 2 N–H and O–H groups in total. The summed E-state index contributed by atoms with van der Waals surface area (Å²) in [6.45, 7) is 1.85. The van der Waals surface area contributed by atoms with Crippen molar-refractivity contribution in [2.45, 2.75) is 38.6 Å². The fourth-order valence-corrected chi connectivity index (χ4v) is 3.47. The SMILES string of the molecule is CN=C(NCc1ccc(OC)cc1)NCC1(C2CC2)CCC1. The predicted octanol–water partition coefficient (Wildman–Crippen LogP) is 2.94. The minimum absolute atomic E-state index is 0.567. The number of rotatable bonds is 6. The van der Waals surface area contributed by atoms with Crippen molar-refractivity contribution in [1.29, 1.82) is 0 Å². The molecule has 4 nitrogen and oxygen atoms in total. The van der Waals surface area contributed by atoms with Crippen LogP contribution in [0.4, 0.5) is 0 Å². The van der Waals surface area contributed by atoms with Crippen LogP contribution in [0.15, 0.2) is 29.3 Å². The number of hydrogen-bond acceptors (Lipinski definition) is 2. The van der Waals surface area contributed by atoms with Crippen LogP contribution in [0.5, 0.6) is 5.75 Å². The van der Waals surface area contributed by atoms with Gasteiger partial charge in [0.2, 0.25) is 0 Å². The minimum atomic E-state index is 0.567. The smallest absolute Gasteiger partial charge is 0.191 e. The third-order valence-corrected chi connectivity index (χ3v) is 5.24. The number of nitrogens with one attached hydrogen (secondary N) is 2. The van der Waals surface area contributed by atoms with Crippen molar-refractivity contribution in [2.24, 2.45) is 16.3 Å². The van der Waals surface area contributed by atoms with E-state index < -0.39 is 0 Å². The molecule has 1 aromatic carbocycles. The highest BCUT2D eigenvalue weighted by atomic mass is 16.5. The van der Waals surface area contributed by atoms with Crippen LogP contribution in [0, 0.1) is 11.3 Å². The van der Waals surface area contributed by atoms with Gasteiger partial charge in [-0.1, -0.05) is 18.6 Å². The Balaban J connectivity index is 1.47. The second-order valence-corrected chi connectivity index (χ2v) is 6.62. The predicted molar refractivity (Wildman–Crippen MR) is 90.2 cm³/mol. The van der Waals surface area contributed by atoms with Crippen molar-refractivity contribution in [3.05, 3.63) is 29.8 Å². The van der Waals surface area contributed by atoms with E-state index in [1.807, 2.05) is 19.2 Å². The number of aliphatic imine (C=N–C) groups is 1. The van der Waals surface area contributed by atoms with Gasteiger partial charge < -0.3 is 15.4 Å². The lowest BCUT2D eigenvalue weighted by Gasteiger charge is -2.43. The zero-order valence-corrected chi connectivity index (χ0v) is 13.7. The number of guanidine groups is 1. The Bertz CT molecular complexity index is 516. The topological polar surface area (TPSA) is 45.7 Å². The highest BCUT2D eigenvalue weighted by molar-refractivity contribution is 5.79. The molecular formula is C18H27N3O. The minimum Gasteiger partial charge on any atom is -0.497 e. The number of methoxy groups -OCH3 is 1. The number of hydrogen-bond donors (Lipinski definition) is 2. The van der Waals surface area contributed by atoms with E-state index in [2.05, 4.69) is 27.8 Å². The molecular weight excluding hydrogens is 274 g/mol. The summed E-state index contributed by atoms with van der Waals surface area (Å²) < 4.78 is 5.18. The van der Waals surface area contributed by atoms with Crippen LogP contribution in [0.2, 0.25) is 0 Å². The molecule has 2 aliphatic carbocycles. The maximum Gasteiger partial charge on any atom is 0.191 e. The third-order valence-electron chi connectivity index (χ3n) is 5.24. The van der Waals surface area contributed by atoms with Crippen LogP contribution in [0.3, 0.4) is 0 Å². The van der Waals surface area contributed by atoms with Gasteiger partial charge in [0, 0.05) is 20.1 Å². The Hall–Kier alpha value is -1.71. The first-order valence-electron chi connectivity index (χ1n) is 8.33. The lowest BCUT2D eigenvalue weighted by atomic mass is 9.65. The van der Waals surface area contributed by atoms with Crippen molar-refractivity contribution < 1.29 is 4.74 Å². The molecule has 0 radical (unpaired) electrons. The van der Waals surface area contributed by atoms with E-state index in [-0.39, 0.29) is 0 Å². The van der Waals surface area contributed by atoms with Gasteiger partial charge in [0.05, 0.1) is 7.11 Å². The number of benzene rings is 1. The maximum atomic E-state index is 5.18. The summed E-state index contributed by atoms with van der Waals surface area (Å²) in [5.41, 5.74) is 1.79. The molecule has 120 valence electrons. The molecule has 1 aromatic rings. The Morgan fingerprint density at radius 2 is 1.95 bits per heavy atom. The first-order valence-corrected chi connectivity index (χ1v) is 8.33. The summed E-state index contributed by atoms with van der Waals surface area (Å²) in [6.07, 6.45) is 7.04. The summed E-state index contributed by atoms with van der Waals surface area (Å²) >= 11 is 0. The van der Waals surface area contributed by atoms with Gasteiger partial charge in [-0.05, 0) is 54.7 Å². The van der Waals surface area contributed by atoms with Crippen molar-refractivity contribution in [2.75, 3.05) is 20.7 Å². The lowest BCUT2D eigenvalue weighted by Crippen LogP contribution is -2.47. The summed E-state index contributed by atoms with van der Waals surface area (Å²) in [6, 6.07) is 8.14. The van der Waals surface area contributed by atoms with E-state index >= 15 is 0 Å². The van der Waals surface area contributed by atoms with E-state index in [4.69, 9.17) is 4.74 Å². The van der Waals surface area contributed by atoms with Crippen molar-refractivity contribution in [1.82, 2.24) is 10.6 Å². The molecule has 3 rings (SSSR count). The second kappa shape index (κ2) is 6.59. The Labute approximate surface area is 133 Å². The number of ether oxygens (including phenoxy) is 1. The van der Waals surface area contributed by atoms with Crippen molar-refractivity contribution >= 4 is 5.96 Å². The molecule has 0 amide bonds. The van der Waals surface area contributed by atoms with Gasteiger partial charge >= 0.3 is 0 Å². The third kappa shape index (κ3) is 3.37. The van der Waals surface area contributed by atoms with E-state index in [0.29, 0.717) is 5.41 Å². The molecule has 2 fully saturated rings. The van der Waals surface area contributed by atoms with Gasteiger partial charge in [0.15, 0.2) is 5.96 Å². The molecule has 2 aliphatic rings. The van der Waals surface area contributed by atoms with Crippen molar-refractivity contribution in [3.8, 4) is 5.75 Å². The van der Waals surface area contributed by atoms with Gasteiger partial charge in [0.1, 0.15) is 5.75 Å². The first-order chi connectivity index (χ1) is 10.8. The summed E-state index contributed by atoms with van der Waals surface area (Å²) in [5, 5.41) is 6.94. The van der Waals surface area contributed by atoms with Gasteiger partial charge in [-0.15, -0.1) is 0 Å². The van der Waals surface area contributed by atoms with Crippen LogP contribution in [-0.4, -0.2) is 26.7 Å². The average Bonchev–Trinajstić information content (AvgIpc) is 3.35. The van der Waals surface area contributed by atoms with Gasteiger partial charge in [-0.3, -0.25) is 4.99 Å². The van der Waals surface area contributed by atoms with E-state index in [9.17, 15) is 0 Å². The quantitative estimate of drug-likeness (QED) is 0.627. The van der Waals surface area contributed by atoms with Crippen LogP contribution in [-0.2, 0) is 6.54 Å². The van der Waals surface area contributed by atoms with Crippen LogP contribution in [0.25, 0.3) is 0 Å². The van der Waals surface area contributed by atoms with E-state index in [1.54, 1.807) is 7.11 Å². The fourth-order valence-electron chi connectivity index (χ4n) is 3.47. The zero-order valence-electron chi connectivity index (χ0n) is 13.7. The standard InChI is InChI=1S/C18H27N3O/c1-19-17(20-12-14-4-8-16(22-2)9-5-14)21-13-18(10-3-11-18)15-6-7-15/h4-5,8-9,15H,3,6-7,10-13H2,1-2H3,(H2,19,20,21). The molecule has 0 aliphatic heterocycles. The summed E-state index contributed by atoms with van der Waals surface area (Å²) in [5.74, 6) is 2.76. The monoisotopic (exact) mass is 301 g/mol. The van der Waals surface area contributed by atoms with Gasteiger partial charge in [-0.2, -0.15) is 0 Å². The molecule has 22 heavy (non-hydrogen) atoms. The van der Waals surface area contributed by atoms with Crippen LogP contribution in [0.1, 0.15) is 37.7 Å². The normalized spacial score (nSPS) is 20.2. The van der Waals surface area contributed by atoms with Gasteiger partial charge in [-0.25, -0.2) is 0 Å². The zero-order chi connectivity index (χ0) is 15.4. The molecule has 0 atom stereocenters. The molecule has 0 unspecified atom stereocenters. The first kappa shape index (κ1) is 15.2. The number of nitrogens with zero attached hydrogens (tertiary/aromatic N) is 1. The Kier molecular flexibility index (Phi) is 4.55. The highest BCUT2D eigenvalue weighted by Crippen LogP contribution is 2.56. The maximum absolute atomic E-state index is 5.18. The second-order valence-electron chi connectivity index (χ2n) is 6.62. The molecule has 0 heterocycles. The molecule has 0 spiro atoms. The summed E-state index contributed by atoms with van der Waals surface area (Å²) in [4.78, 5) is 4.35. The highest BCUT2D eigenvalue weighted by Gasteiger charge is 2.48. The van der Waals surface area contributed by atoms with Crippen LogP contribution < -0.4 is 15.4 Å². The Morgan fingerprint density at radius 3 is 2.45 bits per heavy atom. The molecule has 4 heteroatoms. The Morgan fingerprint density at radius 1 is 1.23 bits per heavy atom. The fraction of sp³-hybridized carbons (Fsp3) is 0.611. The molecule has 0 saturated heterocycles. The molecule has 0 bridgehead atoms.